The number of carbonyl (C=O) groups excluding carboxylic acids is 1. The van der Waals surface area contributed by atoms with Gasteiger partial charge in [0.05, 0.1) is 6.04 Å². The van der Waals surface area contributed by atoms with Crippen LogP contribution in [-0.2, 0) is 0 Å². The van der Waals surface area contributed by atoms with E-state index in [0.29, 0.717) is 12.6 Å². The van der Waals surface area contributed by atoms with Crippen LogP contribution in [0.15, 0.2) is 0 Å². The van der Waals surface area contributed by atoms with E-state index >= 15 is 0 Å². The minimum atomic E-state index is -0.301. The van der Waals surface area contributed by atoms with Gasteiger partial charge in [0.1, 0.15) is 0 Å². The molecule has 1 unspecified atom stereocenters. The average molecular weight is 225 g/mol. The lowest BCUT2D eigenvalue weighted by atomic mass is 9.79. The van der Waals surface area contributed by atoms with Crippen LogP contribution in [-0.4, -0.2) is 47.5 Å². The van der Waals surface area contributed by atoms with Crippen LogP contribution >= 0.6 is 0 Å². The summed E-state index contributed by atoms with van der Waals surface area (Å²) < 4.78 is 0. The van der Waals surface area contributed by atoms with Gasteiger partial charge in [-0.15, -0.1) is 0 Å². The van der Waals surface area contributed by atoms with Gasteiger partial charge in [-0.05, 0) is 32.6 Å². The van der Waals surface area contributed by atoms with Crippen molar-refractivity contribution in [3.8, 4) is 0 Å². The van der Waals surface area contributed by atoms with Gasteiger partial charge in [0.25, 0.3) is 0 Å². The summed E-state index contributed by atoms with van der Waals surface area (Å²) in [6.07, 6.45) is 3.88. The predicted octanol–water partition coefficient (Wildman–Crippen LogP) is 1.26. The van der Waals surface area contributed by atoms with E-state index in [9.17, 15) is 4.79 Å². The summed E-state index contributed by atoms with van der Waals surface area (Å²) in [5.74, 6) is 0.722. The fourth-order valence-electron chi connectivity index (χ4n) is 2.71. The molecule has 4 nitrogen and oxygen atoms in total. The summed E-state index contributed by atoms with van der Waals surface area (Å²) in [4.78, 5) is 15.9. The maximum atomic E-state index is 12.0. The molecule has 2 rings (SSSR count). The maximum Gasteiger partial charge on any atom is 0.320 e. The van der Waals surface area contributed by atoms with Crippen molar-refractivity contribution in [3.63, 3.8) is 0 Å². The Labute approximate surface area is 97.8 Å². The van der Waals surface area contributed by atoms with E-state index in [4.69, 9.17) is 5.73 Å². The van der Waals surface area contributed by atoms with Crippen molar-refractivity contribution in [2.45, 2.75) is 44.7 Å². The first-order chi connectivity index (χ1) is 7.38. The number of amides is 2. The second kappa shape index (κ2) is 3.91. The van der Waals surface area contributed by atoms with Crippen LogP contribution in [0, 0.1) is 5.92 Å². The number of hydrogen-bond donors (Lipinski definition) is 1. The highest BCUT2D eigenvalue weighted by Crippen LogP contribution is 2.35. The fourth-order valence-corrected chi connectivity index (χ4v) is 2.71. The van der Waals surface area contributed by atoms with Gasteiger partial charge >= 0.3 is 6.03 Å². The molecular formula is C12H23N3O. The SMILES string of the molecule is CN1C(=O)N(CC(C)(C)N)CC1C1CCC1. The molecule has 1 saturated heterocycles. The van der Waals surface area contributed by atoms with E-state index in [-0.39, 0.29) is 11.6 Å². The monoisotopic (exact) mass is 225 g/mol. The molecule has 2 amide bonds. The number of nitrogens with zero attached hydrogens (tertiary/aromatic N) is 2. The zero-order valence-corrected chi connectivity index (χ0v) is 10.6. The molecule has 0 spiro atoms. The third kappa shape index (κ3) is 2.17. The molecule has 2 fully saturated rings. The molecule has 0 bridgehead atoms. The first kappa shape index (κ1) is 11.7. The van der Waals surface area contributed by atoms with E-state index in [1.165, 1.54) is 19.3 Å². The lowest BCUT2D eigenvalue weighted by Crippen LogP contribution is -2.46. The molecule has 4 heteroatoms. The Hall–Kier alpha value is -0.770. The number of urea groups is 1. The average Bonchev–Trinajstić information content (AvgIpc) is 2.28. The summed E-state index contributed by atoms with van der Waals surface area (Å²) >= 11 is 0. The van der Waals surface area contributed by atoms with Gasteiger partial charge in [-0.25, -0.2) is 4.79 Å². The van der Waals surface area contributed by atoms with Gasteiger partial charge in [0, 0.05) is 25.7 Å². The van der Waals surface area contributed by atoms with Gasteiger partial charge in [-0.3, -0.25) is 0 Å². The predicted molar refractivity (Wildman–Crippen MR) is 64.1 cm³/mol. The Morgan fingerprint density at radius 3 is 2.50 bits per heavy atom. The van der Waals surface area contributed by atoms with Crippen LogP contribution in [0.5, 0.6) is 0 Å². The lowest BCUT2D eigenvalue weighted by Gasteiger charge is -2.34. The molecule has 1 saturated carbocycles. The molecule has 0 radical (unpaired) electrons. The van der Waals surface area contributed by atoms with Gasteiger partial charge < -0.3 is 15.5 Å². The van der Waals surface area contributed by atoms with E-state index in [2.05, 4.69) is 0 Å². The minimum absolute atomic E-state index is 0.149. The van der Waals surface area contributed by atoms with Crippen LogP contribution in [0.1, 0.15) is 33.1 Å². The summed E-state index contributed by atoms with van der Waals surface area (Å²) in [5, 5.41) is 0. The van der Waals surface area contributed by atoms with Crippen LogP contribution in [0.3, 0.4) is 0 Å². The molecule has 2 N–H and O–H groups in total. The smallest absolute Gasteiger partial charge is 0.320 e. The Morgan fingerprint density at radius 2 is 2.06 bits per heavy atom. The molecule has 1 heterocycles. The van der Waals surface area contributed by atoms with E-state index in [0.717, 1.165) is 12.5 Å². The van der Waals surface area contributed by atoms with Crippen molar-refractivity contribution >= 4 is 6.03 Å². The van der Waals surface area contributed by atoms with Gasteiger partial charge in [0.15, 0.2) is 0 Å². The number of hydrogen-bond acceptors (Lipinski definition) is 2. The van der Waals surface area contributed by atoms with Gasteiger partial charge in [0.2, 0.25) is 0 Å². The van der Waals surface area contributed by atoms with Crippen LogP contribution in [0.25, 0.3) is 0 Å². The molecule has 16 heavy (non-hydrogen) atoms. The molecule has 0 aromatic rings. The summed E-state index contributed by atoms with van der Waals surface area (Å²) in [7, 11) is 1.93. The summed E-state index contributed by atoms with van der Waals surface area (Å²) in [5.41, 5.74) is 5.68. The fraction of sp³-hybridized carbons (Fsp3) is 0.917. The Kier molecular flexibility index (Phi) is 2.86. The molecule has 0 aromatic carbocycles. The maximum absolute atomic E-state index is 12.0. The van der Waals surface area contributed by atoms with Crippen LogP contribution < -0.4 is 5.73 Å². The largest absolute Gasteiger partial charge is 0.324 e. The second-order valence-corrected chi connectivity index (χ2v) is 6.02. The number of nitrogens with two attached hydrogens (primary N) is 1. The van der Waals surface area contributed by atoms with E-state index in [1.807, 2.05) is 30.7 Å². The van der Waals surface area contributed by atoms with Crippen molar-refractivity contribution in [2.75, 3.05) is 20.1 Å². The minimum Gasteiger partial charge on any atom is -0.324 e. The highest BCUT2D eigenvalue weighted by atomic mass is 16.2. The molecule has 2 aliphatic rings. The summed E-state index contributed by atoms with van der Waals surface area (Å²) in [6.45, 7) is 5.45. The first-order valence-corrected chi connectivity index (χ1v) is 6.19. The highest BCUT2D eigenvalue weighted by molar-refractivity contribution is 5.77. The van der Waals surface area contributed by atoms with Crippen molar-refractivity contribution in [3.05, 3.63) is 0 Å². The molecule has 92 valence electrons. The Bertz CT molecular complexity index is 280. The number of likely N-dealkylation sites (N-methyl/N-ethyl adjacent to an activating group) is 1. The number of rotatable bonds is 3. The molecule has 1 aliphatic heterocycles. The van der Waals surface area contributed by atoms with E-state index < -0.39 is 0 Å². The quantitative estimate of drug-likeness (QED) is 0.786. The van der Waals surface area contributed by atoms with Gasteiger partial charge in [-0.2, -0.15) is 0 Å². The van der Waals surface area contributed by atoms with E-state index in [1.54, 1.807) is 0 Å². The van der Waals surface area contributed by atoms with Crippen LogP contribution in [0.4, 0.5) is 4.79 Å². The van der Waals surface area contributed by atoms with Crippen molar-refractivity contribution < 1.29 is 4.79 Å². The second-order valence-electron chi connectivity index (χ2n) is 6.02. The third-order valence-electron chi connectivity index (χ3n) is 3.77. The molecule has 0 aromatic heterocycles. The lowest BCUT2D eigenvalue weighted by molar-refractivity contribution is 0.163. The highest BCUT2D eigenvalue weighted by Gasteiger charge is 2.41. The zero-order chi connectivity index (χ0) is 11.9. The topological polar surface area (TPSA) is 49.6 Å². The number of carbonyl (C=O) groups is 1. The standard InChI is InChI=1S/C12H23N3O/c1-12(2,13)8-15-7-10(9-5-4-6-9)14(3)11(15)16/h9-10H,4-8,13H2,1-3H3. The van der Waals surface area contributed by atoms with Crippen molar-refractivity contribution in [1.82, 2.24) is 9.80 Å². The molecule has 1 aliphatic carbocycles. The van der Waals surface area contributed by atoms with Crippen molar-refractivity contribution in [2.24, 2.45) is 11.7 Å². The summed E-state index contributed by atoms with van der Waals surface area (Å²) in [6, 6.07) is 0.569. The first-order valence-electron chi connectivity index (χ1n) is 6.19. The zero-order valence-electron chi connectivity index (χ0n) is 10.6. The Morgan fingerprint density at radius 1 is 1.44 bits per heavy atom. The normalized spacial score (nSPS) is 27.5. The van der Waals surface area contributed by atoms with Crippen LogP contribution in [0.2, 0.25) is 0 Å². The molecule has 1 atom stereocenters. The third-order valence-corrected chi connectivity index (χ3v) is 3.77. The molecular weight excluding hydrogens is 202 g/mol. The van der Waals surface area contributed by atoms with Gasteiger partial charge in [-0.1, -0.05) is 6.42 Å². The Balaban J connectivity index is 1.99. The van der Waals surface area contributed by atoms with Crippen molar-refractivity contribution in [1.29, 1.82) is 0 Å².